The highest BCUT2D eigenvalue weighted by Gasteiger charge is 2.14. The molecule has 0 saturated heterocycles. The summed E-state index contributed by atoms with van der Waals surface area (Å²) in [5.41, 5.74) is 5.45. The maximum atomic E-state index is 11.8. The van der Waals surface area contributed by atoms with Crippen LogP contribution in [0.25, 0.3) is 0 Å². The number of carbonyl (C=O) groups excluding carboxylic acids is 1. The molecule has 1 aromatic heterocycles. The van der Waals surface area contributed by atoms with Crippen molar-refractivity contribution in [2.75, 3.05) is 11.1 Å². The van der Waals surface area contributed by atoms with Gasteiger partial charge in [0.1, 0.15) is 11.4 Å². The number of aromatic hydroxyl groups is 1. The normalized spacial score (nSPS) is 10.1. The average molecular weight is 279 g/mol. The van der Waals surface area contributed by atoms with Crippen molar-refractivity contribution in [2.45, 2.75) is 0 Å². The molecule has 0 aliphatic carbocycles. The van der Waals surface area contributed by atoms with E-state index in [4.69, 9.17) is 10.8 Å². The maximum absolute atomic E-state index is 11.8. The summed E-state index contributed by atoms with van der Waals surface area (Å²) < 4.78 is 0. The van der Waals surface area contributed by atoms with Crippen LogP contribution in [-0.2, 0) is 0 Å². The molecular weight excluding hydrogens is 270 g/mol. The van der Waals surface area contributed by atoms with Crippen molar-refractivity contribution in [1.82, 2.24) is 4.98 Å². The molecule has 98 valence electrons. The third-order valence-corrected chi connectivity index (χ3v) is 2.92. The molecule has 0 spiro atoms. The Morgan fingerprint density at radius 2 is 2.11 bits per heavy atom. The first kappa shape index (κ1) is 12.8. The van der Waals surface area contributed by atoms with Gasteiger partial charge in [0.05, 0.1) is 11.3 Å². The van der Waals surface area contributed by atoms with Gasteiger partial charge < -0.3 is 21.3 Å². The van der Waals surface area contributed by atoms with Crippen LogP contribution in [0.1, 0.15) is 20.8 Å². The lowest BCUT2D eigenvalue weighted by Crippen LogP contribution is -2.13. The summed E-state index contributed by atoms with van der Waals surface area (Å²) in [5, 5.41) is 22.5. The molecule has 1 heterocycles. The van der Waals surface area contributed by atoms with Crippen LogP contribution in [0.2, 0.25) is 0 Å². The van der Waals surface area contributed by atoms with Gasteiger partial charge in [-0.25, -0.2) is 9.78 Å². The number of amides is 1. The molecule has 0 atom stereocenters. The summed E-state index contributed by atoms with van der Waals surface area (Å²) in [6.07, 6.45) is 0. The molecule has 0 aliphatic rings. The van der Waals surface area contributed by atoms with Crippen LogP contribution in [0.4, 0.5) is 10.8 Å². The van der Waals surface area contributed by atoms with Gasteiger partial charge in [-0.05, 0) is 18.2 Å². The fraction of sp³-hybridized carbons (Fsp3) is 0. The van der Waals surface area contributed by atoms with Gasteiger partial charge in [-0.1, -0.05) is 0 Å². The second-order valence-electron chi connectivity index (χ2n) is 3.56. The van der Waals surface area contributed by atoms with Crippen molar-refractivity contribution in [2.24, 2.45) is 0 Å². The largest absolute Gasteiger partial charge is 0.506 e. The van der Waals surface area contributed by atoms with Crippen molar-refractivity contribution in [3.63, 3.8) is 0 Å². The number of anilines is 2. The second kappa shape index (κ2) is 4.94. The number of carboxylic acids is 1. The molecule has 2 aromatic rings. The van der Waals surface area contributed by atoms with Gasteiger partial charge in [0.15, 0.2) is 5.13 Å². The fourth-order valence-electron chi connectivity index (χ4n) is 1.35. The topological polar surface area (TPSA) is 126 Å². The van der Waals surface area contributed by atoms with E-state index in [2.05, 4.69) is 10.3 Å². The number of nitrogens with two attached hydrogens (primary N) is 1. The lowest BCUT2D eigenvalue weighted by Gasteiger charge is -2.06. The van der Waals surface area contributed by atoms with Gasteiger partial charge in [-0.3, -0.25) is 4.79 Å². The Hall–Kier alpha value is -2.61. The van der Waals surface area contributed by atoms with Gasteiger partial charge in [-0.2, -0.15) is 0 Å². The zero-order valence-electron chi connectivity index (χ0n) is 9.45. The molecule has 0 bridgehead atoms. The molecule has 0 saturated carbocycles. The Morgan fingerprint density at radius 1 is 1.37 bits per heavy atom. The Labute approximate surface area is 111 Å². The summed E-state index contributed by atoms with van der Waals surface area (Å²) in [6.45, 7) is 0. The number of phenolic OH excluding ortho intramolecular Hbond substituents is 1. The molecule has 2 rings (SSSR count). The van der Waals surface area contributed by atoms with E-state index in [1.165, 1.54) is 17.5 Å². The molecule has 19 heavy (non-hydrogen) atoms. The number of nitrogens with zero attached hydrogens (tertiary/aromatic N) is 1. The summed E-state index contributed by atoms with van der Waals surface area (Å²) in [4.78, 5) is 26.4. The second-order valence-corrected chi connectivity index (χ2v) is 4.45. The van der Waals surface area contributed by atoms with E-state index < -0.39 is 11.9 Å². The number of phenols is 1. The van der Waals surface area contributed by atoms with Crippen LogP contribution in [0.5, 0.6) is 5.75 Å². The summed E-state index contributed by atoms with van der Waals surface area (Å²) in [6, 6.07) is 3.58. The van der Waals surface area contributed by atoms with Gasteiger partial charge in [-0.15, -0.1) is 11.3 Å². The number of carboxylic acid groups (broad SMARTS) is 1. The standard InChI is InChI=1S/C11H9N3O4S/c12-11-14-7(4-19-11)9(16)13-6-3-5(10(17)18)1-2-8(6)15/h1-4,15H,(H2,12,14)(H,13,16)(H,17,18). The average Bonchev–Trinajstić information content (AvgIpc) is 2.78. The smallest absolute Gasteiger partial charge is 0.335 e. The van der Waals surface area contributed by atoms with Crippen molar-refractivity contribution in [3.05, 3.63) is 34.8 Å². The number of carbonyl (C=O) groups is 2. The highest BCUT2D eigenvalue weighted by atomic mass is 32.1. The molecule has 0 radical (unpaired) electrons. The van der Waals surface area contributed by atoms with E-state index in [1.54, 1.807) is 0 Å². The molecule has 0 unspecified atom stereocenters. The van der Waals surface area contributed by atoms with Gasteiger partial charge in [0.25, 0.3) is 5.91 Å². The van der Waals surface area contributed by atoms with E-state index >= 15 is 0 Å². The number of nitrogen functional groups attached to an aromatic ring is 1. The Balaban J connectivity index is 2.25. The number of aromatic carboxylic acids is 1. The van der Waals surface area contributed by atoms with Crippen molar-refractivity contribution < 1.29 is 19.8 Å². The van der Waals surface area contributed by atoms with E-state index in [-0.39, 0.29) is 27.8 Å². The quantitative estimate of drug-likeness (QED) is 0.629. The Kier molecular flexibility index (Phi) is 3.34. The maximum Gasteiger partial charge on any atom is 0.335 e. The van der Waals surface area contributed by atoms with Crippen molar-refractivity contribution in [1.29, 1.82) is 0 Å². The molecule has 8 heteroatoms. The summed E-state index contributed by atoms with van der Waals surface area (Å²) in [5.74, 6) is -1.97. The minimum absolute atomic E-state index is 0.00327. The Morgan fingerprint density at radius 3 is 2.68 bits per heavy atom. The number of hydrogen-bond acceptors (Lipinski definition) is 6. The third kappa shape index (κ3) is 2.80. The van der Waals surface area contributed by atoms with Crippen molar-refractivity contribution >= 4 is 34.0 Å². The van der Waals surface area contributed by atoms with Crippen LogP contribution in [0.15, 0.2) is 23.6 Å². The van der Waals surface area contributed by atoms with Crippen molar-refractivity contribution in [3.8, 4) is 5.75 Å². The van der Waals surface area contributed by atoms with Gasteiger partial charge >= 0.3 is 5.97 Å². The van der Waals surface area contributed by atoms with Crippen LogP contribution in [-0.4, -0.2) is 27.1 Å². The molecular formula is C11H9N3O4S. The number of benzene rings is 1. The zero-order valence-corrected chi connectivity index (χ0v) is 10.3. The minimum Gasteiger partial charge on any atom is -0.506 e. The third-order valence-electron chi connectivity index (χ3n) is 2.25. The van der Waals surface area contributed by atoms with E-state index in [9.17, 15) is 14.7 Å². The number of aromatic nitrogens is 1. The number of nitrogens with one attached hydrogen (secondary N) is 1. The van der Waals surface area contributed by atoms with Crippen LogP contribution in [0.3, 0.4) is 0 Å². The molecule has 0 aliphatic heterocycles. The monoisotopic (exact) mass is 279 g/mol. The molecule has 0 fully saturated rings. The van der Waals surface area contributed by atoms with Crippen LogP contribution in [0, 0.1) is 0 Å². The lowest BCUT2D eigenvalue weighted by molar-refractivity contribution is 0.0696. The molecule has 7 nitrogen and oxygen atoms in total. The van der Waals surface area contributed by atoms with E-state index in [0.29, 0.717) is 0 Å². The first-order valence-corrected chi connectivity index (χ1v) is 5.94. The predicted molar refractivity (Wildman–Crippen MR) is 69.5 cm³/mol. The zero-order chi connectivity index (χ0) is 14.0. The molecule has 1 amide bonds. The lowest BCUT2D eigenvalue weighted by atomic mass is 10.2. The number of rotatable bonds is 3. The first-order chi connectivity index (χ1) is 8.97. The SMILES string of the molecule is Nc1nc(C(=O)Nc2cc(C(=O)O)ccc2O)cs1. The van der Waals surface area contributed by atoms with Crippen LogP contribution >= 0.6 is 11.3 Å². The number of hydrogen-bond donors (Lipinski definition) is 4. The first-order valence-electron chi connectivity index (χ1n) is 5.06. The summed E-state index contributed by atoms with van der Waals surface area (Å²) >= 11 is 1.10. The highest BCUT2D eigenvalue weighted by Crippen LogP contribution is 2.25. The minimum atomic E-state index is -1.16. The number of thiazole rings is 1. The van der Waals surface area contributed by atoms with E-state index in [0.717, 1.165) is 17.4 Å². The van der Waals surface area contributed by atoms with Crippen LogP contribution < -0.4 is 11.1 Å². The van der Waals surface area contributed by atoms with Gasteiger partial charge in [0.2, 0.25) is 0 Å². The predicted octanol–water partition coefficient (Wildman–Crippen LogP) is 1.38. The summed E-state index contributed by atoms with van der Waals surface area (Å²) in [7, 11) is 0. The van der Waals surface area contributed by atoms with Gasteiger partial charge in [0, 0.05) is 5.38 Å². The fourth-order valence-corrected chi connectivity index (χ4v) is 1.89. The highest BCUT2D eigenvalue weighted by molar-refractivity contribution is 7.13. The molecule has 1 aromatic carbocycles. The Bertz CT molecular complexity index is 653. The van der Waals surface area contributed by atoms with E-state index in [1.807, 2.05) is 0 Å². The molecule has 5 N–H and O–H groups in total.